The summed E-state index contributed by atoms with van der Waals surface area (Å²) in [6.07, 6.45) is 4.30. The lowest BCUT2D eigenvalue weighted by Gasteiger charge is -2.17. The number of amides is 1. The van der Waals surface area contributed by atoms with Crippen LogP contribution in [0.5, 0.6) is 0 Å². The van der Waals surface area contributed by atoms with Gasteiger partial charge in [-0.05, 0) is 25.5 Å². The lowest BCUT2D eigenvalue weighted by Crippen LogP contribution is -2.25. The average molecular weight is 235 g/mol. The molecule has 0 fully saturated rings. The molecule has 1 amide bonds. The van der Waals surface area contributed by atoms with E-state index in [4.69, 9.17) is 0 Å². The van der Waals surface area contributed by atoms with Crippen molar-refractivity contribution in [2.45, 2.75) is 33.1 Å². The van der Waals surface area contributed by atoms with E-state index in [-0.39, 0.29) is 5.91 Å². The van der Waals surface area contributed by atoms with E-state index in [9.17, 15) is 4.79 Å². The van der Waals surface area contributed by atoms with Gasteiger partial charge < -0.3 is 10.2 Å². The molecular formula is C13H21N3O. The molecule has 4 nitrogen and oxygen atoms in total. The van der Waals surface area contributed by atoms with Gasteiger partial charge in [0.25, 0.3) is 0 Å². The Morgan fingerprint density at radius 3 is 2.71 bits per heavy atom. The third kappa shape index (κ3) is 4.06. The minimum absolute atomic E-state index is 0.143. The largest absolute Gasteiger partial charge is 0.370 e. The number of anilines is 2. The molecule has 0 atom stereocenters. The van der Waals surface area contributed by atoms with E-state index in [1.54, 1.807) is 18.1 Å². The van der Waals surface area contributed by atoms with Gasteiger partial charge in [0.1, 0.15) is 5.82 Å². The van der Waals surface area contributed by atoms with Crippen molar-refractivity contribution in [3.63, 3.8) is 0 Å². The van der Waals surface area contributed by atoms with E-state index in [1.807, 2.05) is 19.1 Å². The topological polar surface area (TPSA) is 45.2 Å². The van der Waals surface area contributed by atoms with Crippen LogP contribution in [0.25, 0.3) is 0 Å². The number of rotatable bonds is 6. The van der Waals surface area contributed by atoms with Crippen LogP contribution in [0.15, 0.2) is 18.3 Å². The fourth-order valence-corrected chi connectivity index (χ4v) is 1.51. The van der Waals surface area contributed by atoms with E-state index in [0.717, 1.165) is 30.9 Å². The number of hydrogen-bond donors (Lipinski definition) is 1. The summed E-state index contributed by atoms with van der Waals surface area (Å²) in [6, 6.07) is 3.80. The number of unbranched alkanes of at least 4 members (excludes halogenated alkanes) is 1. The Morgan fingerprint density at radius 2 is 2.18 bits per heavy atom. The standard InChI is InChI=1S/C13H21N3O/c1-4-6-7-13(17)16(3)11-8-9-12(14-5-2)15-10-11/h8-10H,4-7H2,1-3H3,(H,14,15). The van der Waals surface area contributed by atoms with Gasteiger partial charge in [-0.15, -0.1) is 0 Å². The molecule has 1 heterocycles. The second-order valence-corrected chi connectivity index (χ2v) is 3.99. The molecule has 94 valence electrons. The first-order chi connectivity index (χ1) is 8.19. The Kier molecular flexibility index (Phi) is 5.46. The quantitative estimate of drug-likeness (QED) is 0.824. The Labute approximate surface area is 103 Å². The Bertz CT molecular complexity index is 348. The summed E-state index contributed by atoms with van der Waals surface area (Å²) in [7, 11) is 1.79. The van der Waals surface area contributed by atoms with Crippen LogP contribution in [0.4, 0.5) is 11.5 Å². The number of aromatic nitrogens is 1. The van der Waals surface area contributed by atoms with Crippen LogP contribution in [0.3, 0.4) is 0 Å². The minimum atomic E-state index is 0.143. The number of nitrogens with one attached hydrogen (secondary N) is 1. The summed E-state index contributed by atoms with van der Waals surface area (Å²) >= 11 is 0. The Morgan fingerprint density at radius 1 is 1.41 bits per heavy atom. The van der Waals surface area contributed by atoms with Crippen LogP contribution in [-0.2, 0) is 4.79 Å². The molecule has 1 aromatic rings. The van der Waals surface area contributed by atoms with Crippen molar-refractivity contribution in [3.8, 4) is 0 Å². The zero-order valence-electron chi connectivity index (χ0n) is 10.9. The SMILES string of the molecule is CCCCC(=O)N(C)c1ccc(NCC)nc1. The Balaban J connectivity index is 2.62. The normalized spacial score (nSPS) is 10.1. The van der Waals surface area contributed by atoms with Gasteiger partial charge in [-0.2, -0.15) is 0 Å². The van der Waals surface area contributed by atoms with Crippen molar-refractivity contribution in [2.24, 2.45) is 0 Å². The zero-order chi connectivity index (χ0) is 12.7. The minimum Gasteiger partial charge on any atom is -0.370 e. The monoisotopic (exact) mass is 235 g/mol. The van der Waals surface area contributed by atoms with Crippen molar-refractivity contribution >= 4 is 17.4 Å². The van der Waals surface area contributed by atoms with Crippen molar-refractivity contribution in [1.82, 2.24) is 4.98 Å². The van der Waals surface area contributed by atoms with Crippen LogP contribution >= 0.6 is 0 Å². The molecule has 0 radical (unpaired) electrons. The van der Waals surface area contributed by atoms with E-state index >= 15 is 0 Å². The molecule has 1 N–H and O–H groups in total. The number of nitrogens with zero attached hydrogens (tertiary/aromatic N) is 2. The first-order valence-corrected chi connectivity index (χ1v) is 6.15. The van der Waals surface area contributed by atoms with Crippen molar-refractivity contribution in [2.75, 3.05) is 23.8 Å². The van der Waals surface area contributed by atoms with Gasteiger partial charge in [-0.25, -0.2) is 4.98 Å². The first kappa shape index (κ1) is 13.5. The average Bonchev–Trinajstić information content (AvgIpc) is 2.36. The van der Waals surface area contributed by atoms with Crippen molar-refractivity contribution in [3.05, 3.63) is 18.3 Å². The van der Waals surface area contributed by atoms with Gasteiger partial charge in [0.15, 0.2) is 0 Å². The first-order valence-electron chi connectivity index (χ1n) is 6.15. The molecule has 0 saturated carbocycles. The highest BCUT2D eigenvalue weighted by Gasteiger charge is 2.10. The third-order valence-electron chi connectivity index (χ3n) is 2.61. The molecule has 0 bridgehead atoms. The predicted octanol–water partition coefficient (Wildman–Crippen LogP) is 2.67. The van der Waals surface area contributed by atoms with Crippen molar-refractivity contribution < 1.29 is 4.79 Å². The summed E-state index contributed by atoms with van der Waals surface area (Å²) in [5, 5.41) is 3.12. The fourth-order valence-electron chi connectivity index (χ4n) is 1.51. The number of carbonyl (C=O) groups excluding carboxylic acids is 1. The maximum atomic E-state index is 11.8. The molecule has 0 aliphatic rings. The van der Waals surface area contributed by atoms with Gasteiger partial charge in [0.2, 0.25) is 5.91 Å². The smallest absolute Gasteiger partial charge is 0.226 e. The highest BCUT2D eigenvalue weighted by molar-refractivity contribution is 5.92. The number of carbonyl (C=O) groups is 1. The van der Waals surface area contributed by atoms with E-state index in [2.05, 4.69) is 17.2 Å². The maximum absolute atomic E-state index is 11.8. The number of pyridine rings is 1. The van der Waals surface area contributed by atoms with Crippen LogP contribution < -0.4 is 10.2 Å². The molecule has 0 aromatic carbocycles. The summed E-state index contributed by atoms with van der Waals surface area (Å²) < 4.78 is 0. The van der Waals surface area contributed by atoms with Gasteiger partial charge in [0.05, 0.1) is 11.9 Å². The number of hydrogen-bond acceptors (Lipinski definition) is 3. The van der Waals surface area contributed by atoms with Gasteiger partial charge in [-0.1, -0.05) is 13.3 Å². The highest BCUT2D eigenvalue weighted by Crippen LogP contribution is 2.15. The van der Waals surface area contributed by atoms with E-state index in [1.165, 1.54) is 0 Å². The molecule has 17 heavy (non-hydrogen) atoms. The van der Waals surface area contributed by atoms with Gasteiger partial charge >= 0.3 is 0 Å². The fraction of sp³-hybridized carbons (Fsp3) is 0.538. The second-order valence-electron chi connectivity index (χ2n) is 3.99. The molecule has 4 heteroatoms. The molecule has 0 unspecified atom stereocenters. The summed E-state index contributed by atoms with van der Waals surface area (Å²) in [4.78, 5) is 17.7. The van der Waals surface area contributed by atoms with Crippen LogP contribution in [0, 0.1) is 0 Å². The zero-order valence-corrected chi connectivity index (χ0v) is 10.9. The molecule has 0 aliphatic carbocycles. The maximum Gasteiger partial charge on any atom is 0.226 e. The molecule has 0 saturated heterocycles. The van der Waals surface area contributed by atoms with Crippen LogP contribution in [0.1, 0.15) is 33.1 Å². The van der Waals surface area contributed by atoms with E-state index < -0.39 is 0 Å². The van der Waals surface area contributed by atoms with Crippen molar-refractivity contribution in [1.29, 1.82) is 0 Å². The summed E-state index contributed by atoms with van der Waals surface area (Å²) in [5.74, 6) is 0.982. The summed E-state index contributed by atoms with van der Waals surface area (Å²) in [6.45, 7) is 4.95. The third-order valence-corrected chi connectivity index (χ3v) is 2.61. The molecule has 1 rings (SSSR count). The van der Waals surface area contributed by atoms with E-state index in [0.29, 0.717) is 6.42 Å². The van der Waals surface area contributed by atoms with Crippen LogP contribution in [-0.4, -0.2) is 24.5 Å². The van der Waals surface area contributed by atoms with Crippen LogP contribution in [0.2, 0.25) is 0 Å². The lowest BCUT2D eigenvalue weighted by molar-refractivity contribution is -0.118. The highest BCUT2D eigenvalue weighted by atomic mass is 16.2. The molecule has 1 aromatic heterocycles. The lowest BCUT2D eigenvalue weighted by atomic mass is 10.2. The van der Waals surface area contributed by atoms with Gasteiger partial charge in [0, 0.05) is 20.0 Å². The summed E-state index contributed by atoms with van der Waals surface area (Å²) in [5.41, 5.74) is 0.841. The molecular weight excluding hydrogens is 214 g/mol. The molecule has 0 aliphatic heterocycles. The second kappa shape index (κ2) is 6.89. The predicted molar refractivity (Wildman–Crippen MR) is 71.3 cm³/mol. The van der Waals surface area contributed by atoms with Gasteiger partial charge in [-0.3, -0.25) is 4.79 Å². The molecule has 0 spiro atoms. The Hall–Kier alpha value is -1.58.